The topological polar surface area (TPSA) is 34.1 Å². The van der Waals surface area contributed by atoms with Crippen LogP contribution in [0.4, 0.5) is 0 Å². The number of hydrogen-bond acceptors (Lipinski definition) is 2. The van der Waals surface area contributed by atoms with E-state index in [-0.39, 0.29) is 0 Å². The number of halogens is 1. The first-order chi connectivity index (χ1) is 8.00. The van der Waals surface area contributed by atoms with Gasteiger partial charge in [0, 0.05) is 4.47 Å². The molecular formula is C13H11BrO2S. The van der Waals surface area contributed by atoms with Gasteiger partial charge in [-0.2, -0.15) is 0 Å². The molecule has 2 aromatic rings. The lowest BCUT2D eigenvalue weighted by Crippen LogP contribution is -2.01. The molecule has 0 amide bonds. The number of hydrogen-bond donors (Lipinski definition) is 0. The van der Waals surface area contributed by atoms with Crippen LogP contribution in [0.15, 0.2) is 62.8 Å². The molecule has 2 aromatic carbocycles. The first-order valence-electron chi connectivity index (χ1n) is 5.07. The summed E-state index contributed by atoms with van der Waals surface area (Å²) < 4.78 is 25.3. The van der Waals surface area contributed by atoms with Crippen molar-refractivity contribution in [3.63, 3.8) is 0 Å². The van der Waals surface area contributed by atoms with E-state index in [9.17, 15) is 8.42 Å². The van der Waals surface area contributed by atoms with Crippen molar-refractivity contribution < 1.29 is 8.42 Å². The molecule has 0 aliphatic carbocycles. The van der Waals surface area contributed by atoms with Crippen molar-refractivity contribution in [1.82, 2.24) is 0 Å². The smallest absolute Gasteiger partial charge is 0.206 e. The summed E-state index contributed by atoms with van der Waals surface area (Å²) in [5.74, 6) is 0. The molecule has 0 spiro atoms. The summed E-state index contributed by atoms with van der Waals surface area (Å²) in [4.78, 5) is 0.622. The van der Waals surface area contributed by atoms with Gasteiger partial charge < -0.3 is 0 Å². The van der Waals surface area contributed by atoms with Crippen LogP contribution in [-0.4, -0.2) is 8.42 Å². The molecule has 0 fully saturated rings. The van der Waals surface area contributed by atoms with Crippen molar-refractivity contribution in [2.75, 3.05) is 0 Å². The van der Waals surface area contributed by atoms with Crippen LogP contribution in [-0.2, 0) is 9.84 Å². The van der Waals surface area contributed by atoms with Gasteiger partial charge in [0.1, 0.15) is 0 Å². The Bertz CT molecular complexity index is 631. The Morgan fingerprint density at radius 1 is 0.941 bits per heavy atom. The van der Waals surface area contributed by atoms with Gasteiger partial charge in [0.15, 0.2) is 0 Å². The van der Waals surface area contributed by atoms with Crippen LogP contribution in [0.2, 0.25) is 0 Å². The quantitative estimate of drug-likeness (QED) is 0.849. The third kappa shape index (κ3) is 2.58. The van der Waals surface area contributed by atoms with E-state index in [4.69, 9.17) is 0 Å². The lowest BCUT2D eigenvalue weighted by molar-refractivity contribution is 0.596. The number of sulfone groups is 1. The third-order valence-corrected chi connectivity index (χ3v) is 4.70. The van der Waals surface area contributed by atoms with Crippen molar-refractivity contribution >= 4 is 25.8 Å². The largest absolute Gasteiger partial charge is 0.219 e. The summed E-state index contributed by atoms with van der Waals surface area (Å²) in [6.45, 7) is 1.93. The Morgan fingerprint density at radius 2 is 1.59 bits per heavy atom. The van der Waals surface area contributed by atoms with Gasteiger partial charge in [-0.1, -0.05) is 39.7 Å². The van der Waals surface area contributed by atoms with Crippen molar-refractivity contribution in [3.8, 4) is 0 Å². The van der Waals surface area contributed by atoms with Gasteiger partial charge in [-0.25, -0.2) is 8.42 Å². The van der Waals surface area contributed by atoms with Gasteiger partial charge in [0.25, 0.3) is 0 Å². The highest BCUT2D eigenvalue weighted by molar-refractivity contribution is 9.10. The highest BCUT2D eigenvalue weighted by Crippen LogP contribution is 2.23. The summed E-state index contributed by atoms with van der Waals surface area (Å²) in [6, 6.07) is 13.6. The van der Waals surface area contributed by atoms with E-state index >= 15 is 0 Å². The molecule has 0 heterocycles. The molecule has 0 saturated heterocycles. The number of rotatable bonds is 2. The second kappa shape index (κ2) is 4.63. The van der Waals surface area contributed by atoms with E-state index in [1.54, 1.807) is 48.5 Å². The molecule has 0 aliphatic heterocycles. The molecule has 0 aromatic heterocycles. The predicted octanol–water partition coefficient (Wildman–Crippen LogP) is 3.59. The average molecular weight is 311 g/mol. The molecule has 0 saturated carbocycles. The lowest BCUT2D eigenvalue weighted by atomic mass is 10.2. The Hall–Kier alpha value is -1.13. The van der Waals surface area contributed by atoms with Crippen molar-refractivity contribution in [2.45, 2.75) is 16.7 Å². The molecule has 2 rings (SSSR count). The Morgan fingerprint density at radius 3 is 2.18 bits per heavy atom. The van der Waals surface area contributed by atoms with Crippen LogP contribution >= 0.6 is 15.9 Å². The Kier molecular flexibility index (Phi) is 3.35. The highest BCUT2D eigenvalue weighted by atomic mass is 79.9. The molecule has 0 bridgehead atoms. The van der Waals surface area contributed by atoms with E-state index < -0.39 is 9.84 Å². The fourth-order valence-electron chi connectivity index (χ4n) is 1.49. The van der Waals surface area contributed by atoms with Crippen LogP contribution in [0, 0.1) is 6.92 Å². The summed E-state index contributed by atoms with van der Waals surface area (Å²) >= 11 is 3.27. The fraction of sp³-hybridized carbons (Fsp3) is 0.0769. The fourth-order valence-corrected chi connectivity index (χ4v) is 3.34. The standard InChI is InChI=1S/C13H11BrO2S/c1-10-5-7-12(8-6-10)17(15,16)13-4-2-3-11(14)9-13/h2-9H,1H3. The molecule has 0 unspecified atom stereocenters. The first kappa shape index (κ1) is 12.3. The summed E-state index contributed by atoms with van der Waals surface area (Å²) in [5, 5.41) is 0. The Balaban J connectivity index is 2.54. The molecule has 0 aliphatic rings. The van der Waals surface area contributed by atoms with Crippen LogP contribution in [0.3, 0.4) is 0 Å². The van der Waals surface area contributed by atoms with Crippen molar-refractivity contribution in [1.29, 1.82) is 0 Å². The zero-order valence-corrected chi connectivity index (χ0v) is 11.6. The zero-order chi connectivity index (χ0) is 12.5. The average Bonchev–Trinajstić information content (AvgIpc) is 2.29. The van der Waals surface area contributed by atoms with Crippen LogP contribution in [0.1, 0.15) is 5.56 Å². The molecular weight excluding hydrogens is 300 g/mol. The highest BCUT2D eigenvalue weighted by Gasteiger charge is 2.17. The summed E-state index contributed by atoms with van der Waals surface area (Å²) in [5.41, 5.74) is 1.04. The van der Waals surface area contributed by atoms with E-state index in [2.05, 4.69) is 15.9 Å². The maximum atomic E-state index is 12.3. The Labute approximate surface area is 109 Å². The monoisotopic (exact) mass is 310 g/mol. The lowest BCUT2D eigenvalue weighted by Gasteiger charge is -2.05. The third-order valence-electron chi connectivity index (χ3n) is 2.44. The maximum absolute atomic E-state index is 12.3. The van der Waals surface area contributed by atoms with E-state index in [1.807, 2.05) is 6.92 Å². The van der Waals surface area contributed by atoms with Gasteiger partial charge in [-0.15, -0.1) is 0 Å². The van der Waals surface area contributed by atoms with Crippen molar-refractivity contribution in [2.24, 2.45) is 0 Å². The molecule has 0 radical (unpaired) electrons. The molecule has 4 heteroatoms. The first-order valence-corrected chi connectivity index (χ1v) is 7.35. The molecule has 88 valence electrons. The SMILES string of the molecule is Cc1ccc(S(=O)(=O)c2cccc(Br)c2)cc1. The van der Waals surface area contributed by atoms with E-state index in [0.717, 1.165) is 10.0 Å². The normalized spacial score (nSPS) is 11.4. The second-order valence-corrected chi connectivity index (χ2v) is 6.64. The number of benzene rings is 2. The molecule has 0 atom stereocenters. The number of aryl methyl sites for hydroxylation is 1. The van der Waals surface area contributed by atoms with Crippen LogP contribution < -0.4 is 0 Å². The minimum Gasteiger partial charge on any atom is -0.219 e. The maximum Gasteiger partial charge on any atom is 0.206 e. The van der Waals surface area contributed by atoms with Gasteiger partial charge in [0.05, 0.1) is 9.79 Å². The minimum atomic E-state index is -3.41. The van der Waals surface area contributed by atoms with Crippen molar-refractivity contribution in [3.05, 3.63) is 58.6 Å². The molecule has 2 nitrogen and oxygen atoms in total. The van der Waals surface area contributed by atoms with Gasteiger partial charge in [-0.3, -0.25) is 0 Å². The van der Waals surface area contributed by atoms with Gasteiger partial charge in [0.2, 0.25) is 9.84 Å². The van der Waals surface area contributed by atoms with Crippen LogP contribution in [0.25, 0.3) is 0 Å². The van der Waals surface area contributed by atoms with E-state index in [1.165, 1.54) is 0 Å². The van der Waals surface area contributed by atoms with Gasteiger partial charge >= 0.3 is 0 Å². The molecule has 0 N–H and O–H groups in total. The van der Waals surface area contributed by atoms with Crippen LogP contribution in [0.5, 0.6) is 0 Å². The predicted molar refractivity (Wildman–Crippen MR) is 70.8 cm³/mol. The minimum absolute atomic E-state index is 0.302. The second-order valence-electron chi connectivity index (χ2n) is 3.77. The summed E-state index contributed by atoms with van der Waals surface area (Å²) in [6.07, 6.45) is 0. The van der Waals surface area contributed by atoms with Gasteiger partial charge in [-0.05, 0) is 37.3 Å². The summed E-state index contributed by atoms with van der Waals surface area (Å²) in [7, 11) is -3.41. The molecule has 17 heavy (non-hydrogen) atoms. The zero-order valence-electron chi connectivity index (χ0n) is 9.22. The van der Waals surface area contributed by atoms with E-state index in [0.29, 0.717) is 9.79 Å².